The molecule has 0 atom stereocenters. The Bertz CT molecular complexity index is 376. The van der Waals surface area contributed by atoms with Crippen molar-refractivity contribution in [2.75, 3.05) is 26.9 Å². The van der Waals surface area contributed by atoms with Crippen molar-refractivity contribution in [1.29, 1.82) is 0 Å². The van der Waals surface area contributed by atoms with E-state index in [0.29, 0.717) is 6.61 Å². The van der Waals surface area contributed by atoms with E-state index in [4.69, 9.17) is 19.2 Å². The molecule has 5 heteroatoms. The van der Waals surface area contributed by atoms with Crippen molar-refractivity contribution >= 4 is 12.6 Å². The molecule has 1 rings (SSSR count). The molecule has 0 saturated carbocycles. The number of rotatable bonds is 7. The normalized spacial score (nSPS) is 11.4. The van der Waals surface area contributed by atoms with Gasteiger partial charge in [0.1, 0.15) is 5.75 Å². The fourth-order valence-electron chi connectivity index (χ4n) is 1.51. The Labute approximate surface area is 115 Å². The second-order valence-electron chi connectivity index (χ2n) is 5.57. The van der Waals surface area contributed by atoms with Gasteiger partial charge in [0.05, 0.1) is 20.3 Å². The van der Waals surface area contributed by atoms with Crippen LogP contribution >= 0.6 is 0 Å². The van der Waals surface area contributed by atoms with E-state index in [2.05, 4.69) is 20.8 Å². The first-order chi connectivity index (χ1) is 8.96. The SMILES string of the molecule is COc1cccc(B(OCCO)OCC(C)(C)C)c1. The second kappa shape index (κ2) is 7.53. The van der Waals surface area contributed by atoms with E-state index in [1.54, 1.807) is 7.11 Å². The minimum atomic E-state index is -0.485. The largest absolute Gasteiger partial charge is 0.497 e. The molecule has 106 valence electrons. The lowest BCUT2D eigenvalue weighted by Crippen LogP contribution is -2.39. The zero-order valence-corrected chi connectivity index (χ0v) is 12.2. The Morgan fingerprint density at radius 2 is 1.95 bits per heavy atom. The molecule has 4 nitrogen and oxygen atoms in total. The summed E-state index contributed by atoms with van der Waals surface area (Å²) in [6, 6.07) is 7.57. The number of benzene rings is 1. The van der Waals surface area contributed by atoms with Crippen molar-refractivity contribution in [3.63, 3.8) is 0 Å². The highest BCUT2D eigenvalue weighted by Gasteiger charge is 2.24. The van der Waals surface area contributed by atoms with Crippen LogP contribution in [0.5, 0.6) is 5.75 Å². The minimum Gasteiger partial charge on any atom is -0.497 e. The Morgan fingerprint density at radius 1 is 1.21 bits per heavy atom. The highest BCUT2D eigenvalue weighted by Crippen LogP contribution is 2.14. The first-order valence-corrected chi connectivity index (χ1v) is 6.44. The highest BCUT2D eigenvalue weighted by atomic mass is 16.6. The van der Waals surface area contributed by atoms with E-state index >= 15 is 0 Å². The predicted molar refractivity (Wildman–Crippen MR) is 76.8 cm³/mol. The van der Waals surface area contributed by atoms with Gasteiger partial charge in [-0.05, 0) is 23.0 Å². The van der Waals surface area contributed by atoms with Crippen LogP contribution in [0.15, 0.2) is 24.3 Å². The molecular formula is C14H23BO4. The van der Waals surface area contributed by atoms with Crippen LogP contribution in [0.2, 0.25) is 0 Å². The summed E-state index contributed by atoms with van der Waals surface area (Å²) in [4.78, 5) is 0. The highest BCUT2D eigenvalue weighted by molar-refractivity contribution is 6.61. The number of hydrogen-bond acceptors (Lipinski definition) is 4. The lowest BCUT2D eigenvalue weighted by Gasteiger charge is -2.22. The van der Waals surface area contributed by atoms with E-state index in [0.717, 1.165) is 11.2 Å². The average Bonchev–Trinajstić information content (AvgIpc) is 2.38. The molecule has 0 aliphatic rings. The van der Waals surface area contributed by atoms with E-state index in [9.17, 15) is 0 Å². The third-order valence-electron chi connectivity index (χ3n) is 2.39. The maximum atomic E-state index is 8.89. The smallest absolute Gasteiger partial charge is 0.494 e. The predicted octanol–water partition coefficient (Wildman–Crippen LogP) is 1.46. The van der Waals surface area contributed by atoms with Gasteiger partial charge in [0, 0.05) is 6.61 Å². The van der Waals surface area contributed by atoms with E-state index in [1.165, 1.54) is 0 Å². The molecule has 0 fully saturated rings. The summed E-state index contributed by atoms with van der Waals surface area (Å²) in [7, 11) is 1.14. The molecule has 0 aromatic heterocycles. The third kappa shape index (κ3) is 6.10. The molecule has 1 N–H and O–H groups in total. The van der Waals surface area contributed by atoms with Gasteiger partial charge in [0.2, 0.25) is 0 Å². The van der Waals surface area contributed by atoms with Gasteiger partial charge in [-0.25, -0.2) is 0 Å². The minimum absolute atomic E-state index is 0.0284. The molecule has 19 heavy (non-hydrogen) atoms. The molecule has 0 unspecified atom stereocenters. The molecule has 0 heterocycles. The van der Waals surface area contributed by atoms with Gasteiger partial charge in [-0.3, -0.25) is 0 Å². The Hall–Kier alpha value is -1.04. The molecule has 0 spiro atoms. The van der Waals surface area contributed by atoms with E-state index < -0.39 is 7.12 Å². The van der Waals surface area contributed by atoms with Crippen LogP contribution in [0.25, 0.3) is 0 Å². The molecule has 0 radical (unpaired) electrons. The van der Waals surface area contributed by atoms with Crippen LogP contribution in [0.3, 0.4) is 0 Å². The first-order valence-electron chi connectivity index (χ1n) is 6.44. The van der Waals surface area contributed by atoms with Crippen molar-refractivity contribution in [3.8, 4) is 5.75 Å². The van der Waals surface area contributed by atoms with Gasteiger partial charge in [-0.1, -0.05) is 32.9 Å². The van der Waals surface area contributed by atoms with Crippen LogP contribution in [0.4, 0.5) is 0 Å². The quantitative estimate of drug-likeness (QED) is 0.759. The van der Waals surface area contributed by atoms with E-state index in [-0.39, 0.29) is 18.6 Å². The van der Waals surface area contributed by atoms with Crippen LogP contribution in [-0.2, 0) is 9.31 Å². The fourth-order valence-corrected chi connectivity index (χ4v) is 1.51. The lowest BCUT2D eigenvalue weighted by atomic mass is 9.78. The van der Waals surface area contributed by atoms with Gasteiger partial charge in [-0.15, -0.1) is 0 Å². The maximum absolute atomic E-state index is 8.89. The summed E-state index contributed by atoms with van der Waals surface area (Å²) < 4.78 is 16.5. The first kappa shape index (κ1) is 16.0. The molecule has 0 bridgehead atoms. The lowest BCUT2D eigenvalue weighted by molar-refractivity contribution is 0.129. The Balaban J connectivity index is 2.76. The Morgan fingerprint density at radius 3 is 2.53 bits per heavy atom. The third-order valence-corrected chi connectivity index (χ3v) is 2.39. The summed E-state index contributed by atoms with van der Waals surface area (Å²) in [5, 5.41) is 8.89. The van der Waals surface area contributed by atoms with Crippen LogP contribution < -0.4 is 10.2 Å². The summed E-state index contributed by atoms with van der Waals surface area (Å²) in [6.45, 7) is 7.08. The molecule has 1 aromatic rings. The molecule has 0 aliphatic carbocycles. The van der Waals surface area contributed by atoms with Crippen LogP contribution in [0, 0.1) is 5.41 Å². The number of aliphatic hydroxyl groups is 1. The average molecular weight is 266 g/mol. The van der Waals surface area contributed by atoms with Crippen molar-refractivity contribution in [3.05, 3.63) is 24.3 Å². The van der Waals surface area contributed by atoms with Gasteiger partial charge in [0.25, 0.3) is 0 Å². The van der Waals surface area contributed by atoms with Crippen molar-refractivity contribution < 1.29 is 19.2 Å². The summed E-state index contributed by atoms with van der Waals surface area (Å²) in [6.07, 6.45) is 0. The molecule has 0 amide bonds. The standard InChI is InChI=1S/C14H23BO4/c1-14(2,3)11-19-15(18-9-8-16)12-6-5-7-13(10-12)17-4/h5-7,10,16H,8-9,11H2,1-4H3. The number of hydrogen-bond donors (Lipinski definition) is 1. The molecule has 1 aromatic carbocycles. The zero-order chi connectivity index (χ0) is 14.3. The van der Waals surface area contributed by atoms with Gasteiger partial charge in [-0.2, -0.15) is 0 Å². The Kier molecular flexibility index (Phi) is 6.35. The summed E-state index contributed by atoms with van der Waals surface area (Å²) >= 11 is 0. The zero-order valence-electron chi connectivity index (χ0n) is 12.2. The van der Waals surface area contributed by atoms with Gasteiger partial charge >= 0.3 is 7.12 Å². The molecule has 0 aliphatic heterocycles. The van der Waals surface area contributed by atoms with Gasteiger partial charge in [0.15, 0.2) is 0 Å². The summed E-state index contributed by atoms with van der Waals surface area (Å²) in [5.41, 5.74) is 0.941. The summed E-state index contributed by atoms with van der Waals surface area (Å²) in [5.74, 6) is 0.759. The van der Waals surface area contributed by atoms with Crippen LogP contribution in [-0.4, -0.2) is 39.2 Å². The topological polar surface area (TPSA) is 47.9 Å². The monoisotopic (exact) mass is 266 g/mol. The molecular weight excluding hydrogens is 243 g/mol. The number of aliphatic hydroxyl groups excluding tert-OH is 1. The fraction of sp³-hybridized carbons (Fsp3) is 0.571. The van der Waals surface area contributed by atoms with Crippen molar-refractivity contribution in [1.82, 2.24) is 0 Å². The molecule has 0 saturated heterocycles. The van der Waals surface area contributed by atoms with Crippen molar-refractivity contribution in [2.24, 2.45) is 5.41 Å². The van der Waals surface area contributed by atoms with Crippen LogP contribution in [0.1, 0.15) is 20.8 Å². The number of ether oxygens (including phenoxy) is 1. The van der Waals surface area contributed by atoms with Gasteiger partial charge < -0.3 is 19.2 Å². The number of methoxy groups -OCH3 is 1. The second-order valence-corrected chi connectivity index (χ2v) is 5.57. The van der Waals surface area contributed by atoms with E-state index in [1.807, 2.05) is 24.3 Å². The maximum Gasteiger partial charge on any atom is 0.494 e. The van der Waals surface area contributed by atoms with Crippen molar-refractivity contribution in [2.45, 2.75) is 20.8 Å².